The maximum absolute atomic E-state index is 9.74. The zero-order valence-electron chi connectivity index (χ0n) is 9.52. The molecule has 0 atom stereocenters. The van der Waals surface area contributed by atoms with E-state index >= 15 is 0 Å². The Morgan fingerprint density at radius 1 is 0.789 bits per heavy atom. The van der Waals surface area contributed by atoms with Gasteiger partial charge in [0, 0.05) is 18.2 Å². The number of phenols is 4. The topological polar surface area (TPSA) is 112 Å². The summed E-state index contributed by atoms with van der Waals surface area (Å²) in [5, 5.41) is 46.1. The maximum atomic E-state index is 9.74. The molecule has 4 N–H and O–H groups in total. The number of phenolic OH excluding ortho intramolecular Hbond substituents is 4. The van der Waals surface area contributed by atoms with Crippen molar-refractivity contribution >= 4 is 11.0 Å². The second-order valence-corrected chi connectivity index (χ2v) is 4.00. The van der Waals surface area contributed by atoms with Gasteiger partial charge >= 0.3 is 0 Å². The predicted molar refractivity (Wildman–Crippen MR) is 65.5 cm³/mol. The van der Waals surface area contributed by atoms with Crippen molar-refractivity contribution in [3.8, 4) is 28.7 Å². The van der Waals surface area contributed by atoms with Gasteiger partial charge in [-0.2, -0.15) is 0 Å². The number of hydrogen-bond donors (Lipinski definition) is 4. The van der Waals surface area contributed by atoms with E-state index in [1.54, 1.807) is 6.07 Å². The molecule has 1 aromatic heterocycles. The molecule has 0 fully saturated rings. The summed E-state index contributed by atoms with van der Waals surface area (Å²) in [6.45, 7) is 0. The van der Waals surface area contributed by atoms with Crippen molar-refractivity contribution in [3.05, 3.63) is 30.3 Å². The molecule has 0 bridgehead atoms. The van der Waals surface area contributed by atoms with Crippen molar-refractivity contribution in [2.24, 2.45) is 0 Å². The van der Waals surface area contributed by atoms with Crippen LogP contribution >= 0.6 is 0 Å². The van der Waals surface area contributed by atoms with Gasteiger partial charge in [-0.15, -0.1) is 15.0 Å². The lowest BCUT2D eigenvalue weighted by Gasteiger charge is -2.05. The number of hydrogen-bond acceptors (Lipinski definition) is 6. The van der Waals surface area contributed by atoms with E-state index in [1.807, 2.05) is 0 Å². The molecule has 7 heteroatoms. The molecule has 7 nitrogen and oxygen atoms in total. The molecule has 0 radical (unpaired) electrons. The highest BCUT2D eigenvalue weighted by molar-refractivity contribution is 5.75. The van der Waals surface area contributed by atoms with E-state index in [9.17, 15) is 20.4 Å². The third-order valence-corrected chi connectivity index (χ3v) is 2.63. The van der Waals surface area contributed by atoms with Crippen molar-refractivity contribution in [2.75, 3.05) is 0 Å². The third kappa shape index (κ3) is 1.77. The smallest absolute Gasteiger partial charge is 0.185 e. The van der Waals surface area contributed by atoms with Gasteiger partial charge in [-0.3, -0.25) is 0 Å². The summed E-state index contributed by atoms with van der Waals surface area (Å²) in [6, 6.07) is 6.66. The molecule has 0 amide bonds. The Kier molecular flexibility index (Phi) is 2.21. The monoisotopic (exact) mass is 259 g/mol. The molecular weight excluding hydrogens is 250 g/mol. The van der Waals surface area contributed by atoms with Gasteiger partial charge < -0.3 is 20.4 Å². The number of benzene rings is 2. The highest BCUT2D eigenvalue weighted by Crippen LogP contribution is 2.35. The minimum atomic E-state index is -0.473. The summed E-state index contributed by atoms with van der Waals surface area (Å²) in [6.07, 6.45) is 0. The lowest BCUT2D eigenvalue weighted by atomic mass is 10.2. The second-order valence-electron chi connectivity index (χ2n) is 4.00. The Morgan fingerprint density at radius 2 is 1.53 bits per heavy atom. The van der Waals surface area contributed by atoms with Gasteiger partial charge in [0.1, 0.15) is 28.2 Å². The van der Waals surface area contributed by atoms with Crippen LogP contribution in [0, 0.1) is 0 Å². The van der Waals surface area contributed by atoms with Crippen molar-refractivity contribution in [1.82, 2.24) is 15.0 Å². The minimum Gasteiger partial charge on any atom is -0.508 e. The van der Waals surface area contributed by atoms with Crippen molar-refractivity contribution < 1.29 is 20.4 Å². The average Bonchev–Trinajstić information content (AvgIpc) is 2.76. The van der Waals surface area contributed by atoms with Crippen LogP contribution in [0.5, 0.6) is 23.0 Å². The van der Waals surface area contributed by atoms with Gasteiger partial charge in [0.15, 0.2) is 11.5 Å². The first-order chi connectivity index (χ1) is 9.04. The highest BCUT2D eigenvalue weighted by Gasteiger charge is 2.14. The van der Waals surface area contributed by atoms with Gasteiger partial charge in [-0.05, 0) is 12.1 Å². The van der Waals surface area contributed by atoms with E-state index in [4.69, 9.17) is 0 Å². The Morgan fingerprint density at radius 3 is 2.32 bits per heavy atom. The van der Waals surface area contributed by atoms with Gasteiger partial charge in [0.2, 0.25) is 0 Å². The standard InChI is InChI=1S/C12H9N3O4/c16-6-1-2-8-9(3-6)14-15(13-8)10-4-7(17)5-11(18)12(10)19/h1-5,16-19H. The first-order valence-electron chi connectivity index (χ1n) is 5.36. The molecule has 0 aliphatic rings. The molecule has 0 aliphatic carbocycles. The van der Waals surface area contributed by atoms with Crippen LogP contribution < -0.4 is 0 Å². The molecular formula is C12H9N3O4. The van der Waals surface area contributed by atoms with E-state index in [-0.39, 0.29) is 17.2 Å². The summed E-state index contributed by atoms with van der Waals surface area (Å²) in [7, 11) is 0. The van der Waals surface area contributed by atoms with Crippen molar-refractivity contribution in [1.29, 1.82) is 0 Å². The first-order valence-corrected chi connectivity index (χ1v) is 5.36. The first kappa shape index (κ1) is 11.1. The van der Waals surface area contributed by atoms with Gasteiger partial charge in [0.05, 0.1) is 0 Å². The molecule has 0 saturated heterocycles. The van der Waals surface area contributed by atoms with Crippen LogP contribution in [-0.4, -0.2) is 35.4 Å². The van der Waals surface area contributed by atoms with E-state index in [2.05, 4.69) is 10.2 Å². The van der Waals surface area contributed by atoms with Crippen LogP contribution in [0.3, 0.4) is 0 Å². The largest absolute Gasteiger partial charge is 0.508 e. The zero-order valence-corrected chi connectivity index (χ0v) is 9.52. The summed E-state index contributed by atoms with van der Waals surface area (Å²) in [5.41, 5.74) is 0.954. The third-order valence-electron chi connectivity index (χ3n) is 2.63. The van der Waals surface area contributed by atoms with Crippen molar-refractivity contribution in [3.63, 3.8) is 0 Å². The number of fused-ring (bicyclic) bond motifs is 1. The number of rotatable bonds is 1. The predicted octanol–water partition coefficient (Wildman–Crippen LogP) is 1.24. The summed E-state index contributed by atoms with van der Waals surface area (Å²) >= 11 is 0. The van der Waals surface area contributed by atoms with E-state index in [1.165, 1.54) is 18.2 Å². The number of nitrogens with zero attached hydrogens (tertiary/aromatic N) is 3. The molecule has 2 aromatic carbocycles. The van der Waals surface area contributed by atoms with Crippen LogP contribution in [0.1, 0.15) is 0 Å². The molecule has 3 rings (SSSR count). The summed E-state index contributed by atoms with van der Waals surface area (Å²) in [5.74, 6) is -1.10. The Balaban J connectivity index is 2.24. The normalized spacial score (nSPS) is 10.9. The van der Waals surface area contributed by atoms with E-state index in [0.717, 1.165) is 10.9 Å². The number of aromatic nitrogens is 3. The number of aromatic hydroxyl groups is 4. The fraction of sp³-hybridized carbons (Fsp3) is 0. The van der Waals surface area contributed by atoms with E-state index in [0.29, 0.717) is 11.0 Å². The van der Waals surface area contributed by atoms with E-state index < -0.39 is 11.5 Å². The SMILES string of the molecule is Oc1cc(O)c(O)c(-n2nc3ccc(O)cc3n2)c1. The van der Waals surface area contributed by atoms with Gasteiger partial charge in [0.25, 0.3) is 0 Å². The average molecular weight is 259 g/mol. The molecule has 0 aliphatic heterocycles. The Hall–Kier alpha value is -2.96. The molecule has 0 saturated carbocycles. The van der Waals surface area contributed by atoms with Crippen LogP contribution in [0.2, 0.25) is 0 Å². The zero-order chi connectivity index (χ0) is 13.6. The fourth-order valence-electron chi connectivity index (χ4n) is 1.75. The second kappa shape index (κ2) is 3.77. The summed E-state index contributed by atoms with van der Waals surface area (Å²) < 4.78 is 0. The Bertz CT molecular complexity index is 782. The van der Waals surface area contributed by atoms with Crippen LogP contribution in [0.4, 0.5) is 0 Å². The lowest BCUT2D eigenvalue weighted by molar-refractivity contribution is 0.392. The molecule has 96 valence electrons. The summed E-state index contributed by atoms with van der Waals surface area (Å²) in [4.78, 5) is 1.07. The van der Waals surface area contributed by atoms with Gasteiger partial charge in [-0.1, -0.05) is 0 Å². The maximum Gasteiger partial charge on any atom is 0.185 e. The van der Waals surface area contributed by atoms with Crippen LogP contribution in [0.15, 0.2) is 30.3 Å². The van der Waals surface area contributed by atoms with Gasteiger partial charge in [-0.25, -0.2) is 0 Å². The molecule has 3 aromatic rings. The van der Waals surface area contributed by atoms with Crippen LogP contribution in [-0.2, 0) is 0 Å². The molecule has 19 heavy (non-hydrogen) atoms. The van der Waals surface area contributed by atoms with Crippen LogP contribution in [0.25, 0.3) is 16.7 Å². The van der Waals surface area contributed by atoms with Crippen molar-refractivity contribution in [2.45, 2.75) is 0 Å². The molecule has 0 spiro atoms. The minimum absolute atomic E-state index is 0.0354. The quantitative estimate of drug-likeness (QED) is 0.386. The molecule has 1 heterocycles. The fourth-order valence-corrected chi connectivity index (χ4v) is 1.75. The lowest BCUT2D eigenvalue weighted by Crippen LogP contribution is -1.98. The highest BCUT2D eigenvalue weighted by atomic mass is 16.3. The Labute approximate surface area is 106 Å². The molecule has 0 unspecified atom stereocenters.